The maximum Gasteiger partial charge on any atom is 0.412 e. The van der Waals surface area contributed by atoms with Gasteiger partial charge >= 0.3 is 6.09 Å². The summed E-state index contributed by atoms with van der Waals surface area (Å²) in [5.41, 5.74) is 3.76. The van der Waals surface area contributed by atoms with Crippen molar-refractivity contribution in [2.24, 2.45) is 0 Å². The van der Waals surface area contributed by atoms with E-state index in [9.17, 15) is 4.79 Å². The van der Waals surface area contributed by atoms with E-state index in [1.807, 2.05) is 24.3 Å². The second-order valence-electron chi connectivity index (χ2n) is 5.09. The molecule has 108 valence electrons. The lowest BCUT2D eigenvalue weighted by Gasteiger charge is -2.19. The van der Waals surface area contributed by atoms with E-state index in [-0.39, 0.29) is 0 Å². The van der Waals surface area contributed by atoms with Crippen LogP contribution in [0.3, 0.4) is 0 Å². The summed E-state index contributed by atoms with van der Waals surface area (Å²) < 4.78 is 5.17. The quantitative estimate of drug-likeness (QED) is 0.941. The number of hydrogen-bond donors (Lipinski definition) is 1. The van der Waals surface area contributed by atoms with E-state index >= 15 is 0 Å². The highest BCUT2D eigenvalue weighted by atomic mass is 16.5. The van der Waals surface area contributed by atoms with Gasteiger partial charge in [0.2, 0.25) is 0 Å². The van der Waals surface area contributed by atoms with Gasteiger partial charge < -0.3 is 15.0 Å². The molecule has 1 heterocycles. The summed E-state index contributed by atoms with van der Waals surface area (Å²) in [6, 6.07) is 16.3. The molecular weight excluding hydrogens is 264 g/mol. The average Bonchev–Trinajstić information content (AvgIpc) is 2.90. The third-order valence-electron chi connectivity index (χ3n) is 3.67. The number of carbonyl (C=O) groups is 1. The molecule has 4 nitrogen and oxygen atoms in total. The predicted molar refractivity (Wildman–Crippen MR) is 82.7 cm³/mol. The van der Waals surface area contributed by atoms with Crippen molar-refractivity contribution in [1.82, 2.24) is 5.32 Å². The highest BCUT2D eigenvalue weighted by molar-refractivity contribution is 5.71. The summed E-state index contributed by atoms with van der Waals surface area (Å²) in [7, 11) is 1.55. The van der Waals surface area contributed by atoms with E-state index in [1.54, 1.807) is 7.05 Å². The lowest BCUT2D eigenvalue weighted by molar-refractivity contribution is 0.203. The molecular formula is C17H18N2O2. The van der Waals surface area contributed by atoms with Crippen molar-refractivity contribution in [3.05, 3.63) is 59.7 Å². The molecule has 0 spiro atoms. The van der Waals surface area contributed by atoms with Gasteiger partial charge in [-0.1, -0.05) is 30.3 Å². The fourth-order valence-corrected chi connectivity index (χ4v) is 2.64. The van der Waals surface area contributed by atoms with Crippen molar-refractivity contribution in [2.75, 3.05) is 18.5 Å². The Labute approximate surface area is 124 Å². The van der Waals surface area contributed by atoms with E-state index in [0.717, 1.165) is 19.5 Å². The van der Waals surface area contributed by atoms with Crippen LogP contribution in [0.15, 0.2) is 48.5 Å². The van der Waals surface area contributed by atoms with Gasteiger partial charge in [-0.05, 0) is 35.7 Å². The summed E-state index contributed by atoms with van der Waals surface area (Å²) in [5.74, 6) is 0.592. The molecule has 2 aromatic carbocycles. The Balaban J connectivity index is 1.75. The Morgan fingerprint density at radius 2 is 2.05 bits per heavy atom. The first kappa shape index (κ1) is 13.5. The van der Waals surface area contributed by atoms with Gasteiger partial charge in [0.25, 0.3) is 0 Å². The molecule has 0 unspecified atom stereocenters. The minimum absolute atomic E-state index is 0.436. The third kappa shape index (κ3) is 2.99. The summed E-state index contributed by atoms with van der Waals surface area (Å²) in [6.07, 6.45) is 0.543. The average molecular weight is 282 g/mol. The van der Waals surface area contributed by atoms with Gasteiger partial charge in [0.15, 0.2) is 0 Å². The molecule has 0 saturated heterocycles. The Kier molecular flexibility index (Phi) is 3.77. The van der Waals surface area contributed by atoms with E-state index in [0.29, 0.717) is 5.75 Å². The molecule has 0 aromatic heterocycles. The first-order valence-electron chi connectivity index (χ1n) is 7.07. The lowest BCUT2D eigenvalue weighted by Crippen LogP contribution is -2.22. The molecule has 0 bridgehead atoms. The van der Waals surface area contributed by atoms with Gasteiger partial charge in [0.1, 0.15) is 5.75 Å². The normalized spacial score (nSPS) is 12.9. The summed E-state index contributed by atoms with van der Waals surface area (Å²) >= 11 is 0. The molecule has 21 heavy (non-hydrogen) atoms. The summed E-state index contributed by atoms with van der Waals surface area (Å²) in [4.78, 5) is 13.6. The minimum Gasteiger partial charge on any atom is -0.410 e. The van der Waals surface area contributed by atoms with E-state index in [1.165, 1.54) is 16.8 Å². The molecule has 0 fully saturated rings. The zero-order valence-electron chi connectivity index (χ0n) is 12.0. The number of anilines is 1. The zero-order chi connectivity index (χ0) is 14.7. The Morgan fingerprint density at radius 1 is 1.24 bits per heavy atom. The van der Waals surface area contributed by atoms with Crippen molar-refractivity contribution in [2.45, 2.75) is 13.0 Å². The zero-order valence-corrected chi connectivity index (χ0v) is 12.0. The first-order valence-corrected chi connectivity index (χ1v) is 7.07. The number of ether oxygens (including phenoxy) is 1. The van der Waals surface area contributed by atoms with E-state index in [2.05, 4.69) is 34.5 Å². The number of rotatable bonds is 3. The number of benzene rings is 2. The summed E-state index contributed by atoms with van der Waals surface area (Å²) in [6.45, 7) is 1.90. The molecule has 0 saturated carbocycles. The van der Waals surface area contributed by atoms with Crippen LogP contribution in [0, 0.1) is 0 Å². The monoisotopic (exact) mass is 282 g/mol. The second-order valence-corrected chi connectivity index (χ2v) is 5.09. The van der Waals surface area contributed by atoms with Crippen molar-refractivity contribution < 1.29 is 9.53 Å². The maximum absolute atomic E-state index is 11.2. The molecule has 1 amide bonds. The van der Waals surface area contributed by atoms with E-state index < -0.39 is 6.09 Å². The Bertz CT molecular complexity index is 640. The van der Waals surface area contributed by atoms with Crippen LogP contribution >= 0.6 is 0 Å². The van der Waals surface area contributed by atoms with Crippen molar-refractivity contribution in [3.63, 3.8) is 0 Å². The molecule has 0 aliphatic carbocycles. The SMILES string of the molecule is CNC(=O)Oc1ccc2c(c1)CCN2Cc1ccccc1. The third-order valence-corrected chi connectivity index (χ3v) is 3.67. The fourth-order valence-electron chi connectivity index (χ4n) is 2.64. The second kappa shape index (κ2) is 5.87. The van der Waals surface area contributed by atoms with Crippen LogP contribution in [0.4, 0.5) is 10.5 Å². The predicted octanol–water partition coefficient (Wildman–Crippen LogP) is 2.97. The highest BCUT2D eigenvalue weighted by Crippen LogP contribution is 2.32. The number of hydrogen-bond acceptors (Lipinski definition) is 3. The van der Waals surface area contributed by atoms with E-state index in [4.69, 9.17) is 4.74 Å². The molecule has 3 rings (SSSR count). The van der Waals surface area contributed by atoms with Crippen LogP contribution in [0.25, 0.3) is 0 Å². The number of nitrogens with one attached hydrogen (secondary N) is 1. The fraction of sp³-hybridized carbons (Fsp3) is 0.235. The Hall–Kier alpha value is -2.49. The molecule has 0 atom stereocenters. The van der Waals surface area contributed by atoms with Crippen LogP contribution < -0.4 is 15.0 Å². The van der Waals surface area contributed by atoms with Gasteiger partial charge in [-0.15, -0.1) is 0 Å². The van der Waals surface area contributed by atoms with Gasteiger partial charge in [0.05, 0.1) is 0 Å². The summed E-state index contributed by atoms with van der Waals surface area (Å²) in [5, 5.41) is 2.45. The maximum atomic E-state index is 11.2. The molecule has 0 radical (unpaired) electrons. The van der Waals surface area contributed by atoms with Gasteiger partial charge in [0, 0.05) is 25.8 Å². The highest BCUT2D eigenvalue weighted by Gasteiger charge is 2.20. The number of nitrogens with zero attached hydrogens (tertiary/aromatic N) is 1. The number of amides is 1. The van der Waals surface area contributed by atoms with Crippen LogP contribution in [-0.4, -0.2) is 19.7 Å². The standard InChI is InChI=1S/C17H18N2O2/c1-18-17(20)21-15-7-8-16-14(11-15)9-10-19(16)12-13-5-3-2-4-6-13/h2-8,11H,9-10,12H2,1H3,(H,18,20). The van der Waals surface area contributed by atoms with Crippen molar-refractivity contribution >= 4 is 11.8 Å². The minimum atomic E-state index is -0.436. The molecule has 4 heteroatoms. The lowest BCUT2D eigenvalue weighted by atomic mass is 10.1. The largest absolute Gasteiger partial charge is 0.412 e. The Morgan fingerprint density at radius 3 is 2.81 bits per heavy atom. The van der Waals surface area contributed by atoms with Crippen molar-refractivity contribution in [3.8, 4) is 5.75 Å². The van der Waals surface area contributed by atoms with Crippen LogP contribution in [-0.2, 0) is 13.0 Å². The van der Waals surface area contributed by atoms with Gasteiger partial charge in [-0.2, -0.15) is 0 Å². The van der Waals surface area contributed by atoms with Crippen LogP contribution in [0.5, 0.6) is 5.75 Å². The molecule has 1 aliphatic rings. The smallest absolute Gasteiger partial charge is 0.410 e. The van der Waals surface area contributed by atoms with Gasteiger partial charge in [-0.25, -0.2) is 4.79 Å². The number of fused-ring (bicyclic) bond motifs is 1. The first-order chi connectivity index (χ1) is 10.3. The molecule has 1 aliphatic heterocycles. The molecule has 2 aromatic rings. The molecule has 1 N–H and O–H groups in total. The van der Waals surface area contributed by atoms with Crippen LogP contribution in [0.2, 0.25) is 0 Å². The van der Waals surface area contributed by atoms with Gasteiger partial charge in [-0.3, -0.25) is 0 Å². The van der Waals surface area contributed by atoms with Crippen LogP contribution in [0.1, 0.15) is 11.1 Å². The topological polar surface area (TPSA) is 41.6 Å². The van der Waals surface area contributed by atoms with Crippen molar-refractivity contribution in [1.29, 1.82) is 0 Å². The number of carbonyl (C=O) groups excluding carboxylic acids is 1.